The van der Waals surface area contributed by atoms with Crippen LogP contribution in [0.1, 0.15) is 24.5 Å². The number of carbonyl (C=O) groups excluding carboxylic acids is 2. The summed E-state index contributed by atoms with van der Waals surface area (Å²) >= 11 is 0. The molecule has 1 atom stereocenters. The lowest BCUT2D eigenvalue weighted by atomic mass is 10.1. The zero-order valence-electron chi connectivity index (χ0n) is 18.0. The summed E-state index contributed by atoms with van der Waals surface area (Å²) in [5, 5.41) is 2.86. The van der Waals surface area contributed by atoms with Gasteiger partial charge < -0.3 is 19.7 Å². The predicted molar refractivity (Wildman–Crippen MR) is 122 cm³/mol. The fourth-order valence-corrected chi connectivity index (χ4v) is 3.64. The van der Waals surface area contributed by atoms with Gasteiger partial charge in [0, 0.05) is 24.3 Å². The highest BCUT2D eigenvalue weighted by atomic mass is 16.5. The molecule has 0 bridgehead atoms. The maximum Gasteiger partial charge on any atom is 0.264 e. The maximum absolute atomic E-state index is 13.0. The van der Waals surface area contributed by atoms with E-state index < -0.39 is 6.10 Å². The maximum atomic E-state index is 13.0. The van der Waals surface area contributed by atoms with Gasteiger partial charge in [-0.3, -0.25) is 9.59 Å². The van der Waals surface area contributed by atoms with Gasteiger partial charge in [0.05, 0.1) is 0 Å². The number of hydrogen-bond acceptors (Lipinski definition) is 4. The van der Waals surface area contributed by atoms with E-state index in [4.69, 9.17) is 9.47 Å². The molecule has 0 radical (unpaired) electrons. The van der Waals surface area contributed by atoms with Gasteiger partial charge in [0.1, 0.15) is 11.5 Å². The third-order valence-electron chi connectivity index (χ3n) is 5.26. The van der Waals surface area contributed by atoms with Crippen molar-refractivity contribution >= 4 is 17.5 Å². The third kappa shape index (κ3) is 5.27. The van der Waals surface area contributed by atoms with Crippen molar-refractivity contribution in [1.82, 2.24) is 4.90 Å². The molecule has 1 aliphatic heterocycles. The van der Waals surface area contributed by atoms with E-state index in [9.17, 15) is 9.59 Å². The Labute approximate surface area is 187 Å². The van der Waals surface area contributed by atoms with E-state index in [2.05, 4.69) is 5.32 Å². The van der Waals surface area contributed by atoms with Crippen LogP contribution in [0.5, 0.6) is 11.5 Å². The van der Waals surface area contributed by atoms with Crippen LogP contribution in [0.25, 0.3) is 0 Å². The monoisotopic (exact) mass is 430 g/mol. The Balaban J connectivity index is 1.48. The molecule has 3 aromatic rings. The zero-order chi connectivity index (χ0) is 22.3. The first kappa shape index (κ1) is 21.4. The van der Waals surface area contributed by atoms with Gasteiger partial charge in [0.15, 0.2) is 12.7 Å². The highest BCUT2D eigenvalue weighted by molar-refractivity contribution is 5.92. The third-order valence-corrected chi connectivity index (χ3v) is 5.26. The molecular formula is C26H26N2O4. The number of para-hydroxylation sites is 1. The van der Waals surface area contributed by atoms with E-state index in [0.717, 1.165) is 11.1 Å². The zero-order valence-corrected chi connectivity index (χ0v) is 18.0. The number of carbonyl (C=O) groups is 2. The quantitative estimate of drug-likeness (QED) is 0.603. The summed E-state index contributed by atoms with van der Waals surface area (Å²) in [4.78, 5) is 27.2. The highest BCUT2D eigenvalue weighted by Crippen LogP contribution is 2.30. The molecule has 6 nitrogen and oxygen atoms in total. The Kier molecular flexibility index (Phi) is 6.70. The summed E-state index contributed by atoms with van der Waals surface area (Å²) in [6.45, 7) is 2.76. The molecule has 2 amide bonds. The summed E-state index contributed by atoms with van der Waals surface area (Å²) in [7, 11) is 0. The number of ether oxygens (including phenoxy) is 2. The lowest BCUT2D eigenvalue weighted by molar-refractivity contribution is -0.139. The Hall–Kier alpha value is -3.80. The van der Waals surface area contributed by atoms with Crippen LogP contribution in [-0.4, -0.2) is 29.4 Å². The van der Waals surface area contributed by atoms with Crippen molar-refractivity contribution in [3.8, 4) is 11.5 Å². The van der Waals surface area contributed by atoms with Gasteiger partial charge in [-0.2, -0.15) is 0 Å². The number of anilines is 1. The molecule has 164 valence electrons. The number of nitrogens with one attached hydrogen (secondary N) is 1. The average molecular weight is 431 g/mol. The van der Waals surface area contributed by atoms with Crippen LogP contribution >= 0.6 is 0 Å². The van der Waals surface area contributed by atoms with E-state index in [-0.39, 0.29) is 18.4 Å². The molecule has 0 spiro atoms. The molecule has 3 aromatic carbocycles. The number of amides is 2. The number of benzene rings is 3. The molecule has 4 rings (SSSR count). The van der Waals surface area contributed by atoms with E-state index >= 15 is 0 Å². The largest absolute Gasteiger partial charge is 0.484 e. The topological polar surface area (TPSA) is 67.9 Å². The van der Waals surface area contributed by atoms with E-state index in [1.165, 1.54) is 0 Å². The predicted octanol–water partition coefficient (Wildman–Crippen LogP) is 4.40. The lowest BCUT2D eigenvalue weighted by Gasteiger charge is -2.23. The first-order valence-corrected chi connectivity index (χ1v) is 10.7. The van der Waals surface area contributed by atoms with Gasteiger partial charge in [0.25, 0.3) is 11.8 Å². The van der Waals surface area contributed by atoms with Gasteiger partial charge in [-0.05, 0) is 42.3 Å². The molecule has 0 saturated heterocycles. The van der Waals surface area contributed by atoms with Crippen LogP contribution in [0.2, 0.25) is 0 Å². The Morgan fingerprint density at radius 1 is 1.06 bits per heavy atom. The van der Waals surface area contributed by atoms with Crippen molar-refractivity contribution in [2.24, 2.45) is 0 Å². The second-order valence-corrected chi connectivity index (χ2v) is 7.67. The molecule has 0 fully saturated rings. The van der Waals surface area contributed by atoms with Crippen LogP contribution in [0, 0.1) is 0 Å². The standard InChI is InChI=1S/C26H26N2O4/c1-2-23-26(30)28(16-19-9-5-3-6-10-19)17-20-15-21(13-14-24(20)32-23)27-25(29)18-31-22-11-7-4-8-12-22/h3-15,23H,2,16-18H2,1H3,(H,27,29). The summed E-state index contributed by atoms with van der Waals surface area (Å²) in [6.07, 6.45) is 0.0541. The van der Waals surface area contributed by atoms with Gasteiger partial charge >= 0.3 is 0 Å². The molecule has 1 aliphatic rings. The molecule has 0 aromatic heterocycles. The number of fused-ring (bicyclic) bond motifs is 1. The lowest BCUT2D eigenvalue weighted by Crippen LogP contribution is -2.38. The Morgan fingerprint density at radius 3 is 2.50 bits per heavy atom. The molecular weight excluding hydrogens is 404 g/mol. The molecule has 6 heteroatoms. The molecule has 1 heterocycles. The van der Waals surface area contributed by atoms with Crippen LogP contribution in [0.4, 0.5) is 5.69 Å². The summed E-state index contributed by atoms with van der Waals surface area (Å²) in [6, 6.07) is 24.5. The SMILES string of the molecule is CCC1Oc2ccc(NC(=O)COc3ccccc3)cc2CN(Cc2ccccc2)C1=O. The van der Waals surface area contributed by atoms with Gasteiger partial charge in [0.2, 0.25) is 0 Å². The van der Waals surface area contributed by atoms with Crippen molar-refractivity contribution in [3.63, 3.8) is 0 Å². The molecule has 1 unspecified atom stereocenters. The Bertz CT molecular complexity index is 1070. The Morgan fingerprint density at radius 2 is 1.78 bits per heavy atom. The van der Waals surface area contributed by atoms with Crippen molar-refractivity contribution < 1.29 is 19.1 Å². The minimum Gasteiger partial charge on any atom is -0.484 e. The van der Waals surface area contributed by atoms with Crippen molar-refractivity contribution in [2.45, 2.75) is 32.5 Å². The molecule has 32 heavy (non-hydrogen) atoms. The summed E-state index contributed by atoms with van der Waals surface area (Å²) in [5.74, 6) is 1.01. The second kappa shape index (κ2) is 10.0. The molecule has 0 saturated carbocycles. The normalized spacial score (nSPS) is 15.3. The van der Waals surface area contributed by atoms with Gasteiger partial charge in [-0.25, -0.2) is 0 Å². The van der Waals surface area contributed by atoms with Crippen LogP contribution in [-0.2, 0) is 22.7 Å². The fourth-order valence-electron chi connectivity index (χ4n) is 3.64. The first-order chi connectivity index (χ1) is 15.6. The molecule has 0 aliphatic carbocycles. The van der Waals surface area contributed by atoms with E-state index in [1.54, 1.807) is 23.1 Å². The van der Waals surface area contributed by atoms with E-state index in [1.807, 2.05) is 67.6 Å². The van der Waals surface area contributed by atoms with Crippen LogP contribution in [0.3, 0.4) is 0 Å². The highest BCUT2D eigenvalue weighted by Gasteiger charge is 2.30. The van der Waals surface area contributed by atoms with E-state index in [0.29, 0.717) is 36.7 Å². The smallest absolute Gasteiger partial charge is 0.264 e. The minimum absolute atomic E-state index is 0.0330. The second-order valence-electron chi connectivity index (χ2n) is 7.67. The number of nitrogens with zero attached hydrogens (tertiary/aromatic N) is 1. The van der Waals surface area contributed by atoms with Gasteiger partial charge in [-0.1, -0.05) is 55.5 Å². The van der Waals surface area contributed by atoms with Crippen LogP contribution in [0.15, 0.2) is 78.9 Å². The molecule has 1 N–H and O–H groups in total. The summed E-state index contributed by atoms with van der Waals surface area (Å²) in [5.41, 5.74) is 2.55. The van der Waals surface area contributed by atoms with Crippen molar-refractivity contribution in [3.05, 3.63) is 90.0 Å². The van der Waals surface area contributed by atoms with Gasteiger partial charge in [-0.15, -0.1) is 0 Å². The fraction of sp³-hybridized carbons (Fsp3) is 0.231. The van der Waals surface area contributed by atoms with Crippen molar-refractivity contribution in [2.75, 3.05) is 11.9 Å². The number of rotatable bonds is 7. The first-order valence-electron chi connectivity index (χ1n) is 10.7. The van der Waals surface area contributed by atoms with Crippen molar-refractivity contribution in [1.29, 1.82) is 0 Å². The average Bonchev–Trinajstić information content (AvgIpc) is 2.95. The van der Waals surface area contributed by atoms with Crippen LogP contribution < -0.4 is 14.8 Å². The summed E-state index contributed by atoms with van der Waals surface area (Å²) < 4.78 is 11.5. The number of hydrogen-bond donors (Lipinski definition) is 1. The minimum atomic E-state index is -0.528.